The molecule has 0 radical (unpaired) electrons. The lowest BCUT2D eigenvalue weighted by Crippen LogP contribution is -2.23. The third-order valence-corrected chi connectivity index (χ3v) is 2.78. The Morgan fingerprint density at radius 2 is 1.90 bits per heavy atom. The van der Waals surface area contributed by atoms with Crippen molar-refractivity contribution in [2.45, 2.75) is 13.2 Å². The second-order valence-corrected chi connectivity index (χ2v) is 4.20. The van der Waals surface area contributed by atoms with Gasteiger partial charge in [-0.05, 0) is 23.3 Å². The van der Waals surface area contributed by atoms with E-state index in [1.54, 1.807) is 18.2 Å². The number of hydrogen-bond donors (Lipinski definition) is 2. The molecule has 5 nitrogen and oxygen atoms in total. The summed E-state index contributed by atoms with van der Waals surface area (Å²) in [6, 6.07) is 12.3. The number of nitriles is 1. The van der Waals surface area contributed by atoms with Crippen LogP contribution in [0, 0.1) is 11.3 Å². The van der Waals surface area contributed by atoms with Crippen LogP contribution in [0.1, 0.15) is 27.2 Å². The molecule has 100 valence electrons. The maximum atomic E-state index is 11.8. The quantitative estimate of drug-likeness (QED) is 0.876. The minimum atomic E-state index is -0.291. The second-order valence-electron chi connectivity index (χ2n) is 4.20. The van der Waals surface area contributed by atoms with Gasteiger partial charge in [-0.1, -0.05) is 24.3 Å². The van der Waals surface area contributed by atoms with Gasteiger partial charge in [-0.25, -0.2) is 4.98 Å². The Hall–Kier alpha value is -2.71. The molecule has 1 aromatic heterocycles. The number of carbonyl (C=O) groups excluding carboxylic acids is 1. The zero-order valence-electron chi connectivity index (χ0n) is 10.7. The fraction of sp³-hybridized carbons (Fsp3) is 0.133. The van der Waals surface area contributed by atoms with Gasteiger partial charge in [0, 0.05) is 12.7 Å². The van der Waals surface area contributed by atoms with E-state index in [0.29, 0.717) is 12.1 Å². The van der Waals surface area contributed by atoms with Crippen molar-refractivity contribution < 1.29 is 9.90 Å². The van der Waals surface area contributed by atoms with Crippen LogP contribution in [0.5, 0.6) is 0 Å². The molecule has 2 N–H and O–H groups in total. The molecule has 0 aliphatic carbocycles. The van der Waals surface area contributed by atoms with E-state index in [0.717, 1.165) is 11.1 Å². The van der Waals surface area contributed by atoms with Gasteiger partial charge in [0.2, 0.25) is 0 Å². The van der Waals surface area contributed by atoms with Crippen molar-refractivity contribution in [2.75, 3.05) is 0 Å². The molecule has 20 heavy (non-hydrogen) atoms. The number of pyridine rings is 1. The number of aliphatic hydroxyl groups is 1. The monoisotopic (exact) mass is 267 g/mol. The van der Waals surface area contributed by atoms with Gasteiger partial charge in [0.05, 0.1) is 12.2 Å². The fourth-order valence-electron chi connectivity index (χ4n) is 1.63. The van der Waals surface area contributed by atoms with Gasteiger partial charge in [0.25, 0.3) is 5.91 Å². The predicted octanol–water partition coefficient (Wildman–Crippen LogP) is 1.38. The van der Waals surface area contributed by atoms with E-state index in [2.05, 4.69) is 10.3 Å². The van der Waals surface area contributed by atoms with Crippen LogP contribution in [0.3, 0.4) is 0 Å². The molecule has 2 rings (SSSR count). The fourth-order valence-corrected chi connectivity index (χ4v) is 1.63. The highest BCUT2D eigenvalue weighted by Crippen LogP contribution is 2.05. The van der Waals surface area contributed by atoms with Gasteiger partial charge in [0.1, 0.15) is 11.8 Å². The third-order valence-electron chi connectivity index (χ3n) is 2.78. The average Bonchev–Trinajstić information content (AvgIpc) is 2.53. The molecule has 0 aliphatic heterocycles. The summed E-state index contributed by atoms with van der Waals surface area (Å²) in [6.45, 7) is 0.383. The number of aromatic nitrogens is 1. The van der Waals surface area contributed by atoms with Gasteiger partial charge in [-0.15, -0.1) is 0 Å². The lowest BCUT2D eigenvalue weighted by Gasteiger charge is -2.05. The molecular weight excluding hydrogens is 254 g/mol. The van der Waals surface area contributed by atoms with Crippen molar-refractivity contribution in [1.29, 1.82) is 5.26 Å². The summed E-state index contributed by atoms with van der Waals surface area (Å²) in [4.78, 5) is 15.8. The Kier molecular flexibility index (Phi) is 4.43. The Labute approximate surface area is 116 Å². The normalized spacial score (nSPS) is 9.80. The summed E-state index contributed by atoms with van der Waals surface area (Å²) in [6.07, 6.45) is 1.37. The summed E-state index contributed by atoms with van der Waals surface area (Å²) < 4.78 is 0. The highest BCUT2D eigenvalue weighted by molar-refractivity contribution is 5.92. The minimum absolute atomic E-state index is 0.00179. The molecule has 0 unspecified atom stereocenters. The summed E-state index contributed by atoms with van der Waals surface area (Å²) in [5, 5.41) is 20.3. The van der Waals surface area contributed by atoms with Gasteiger partial charge in [0.15, 0.2) is 0 Å². The van der Waals surface area contributed by atoms with Crippen molar-refractivity contribution in [3.8, 4) is 6.07 Å². The van der Waals surface area contributed by atoms with Crippen LogP contribution < -0.4 is 5.32 Å². The van der Waals surface area contributed by atoms with Gasteiger partial charge in [-0.2, -0.15) is 5.26 Å². The van der Waals surface area contributed by atoms with E-state index < -0.39 is 0 Å². The molecule has 0 spiro atoms. The molecule has 1 amide bonds. The van der Waals surface area contributed by atoms with E-state index >= 15 is 0 Å². The van der Waals surface area contributed by atoms with E-state index in [1.165, 1.54) is 12.3 Å². The molecule has 2 aromatic rings. The Morgan fingerprint density at radius 1 is 1.20 bits per heavy atom. The van der Waals surface area contributed by atoms with Crippen LogP contribution in [0.15, 0.2) is 42.6 Å². The molecule has 0 bridgehead atoms. The standard InChI is InChI=1S/C15H13N3O2/c16-7-13-5-6-14(17-9-13)15(20)18-8-11-1-3-12(10-19)4-2-11/h1-6,9,19H,8,10H2,(H,18,20). The lowest BCUT2D eigenvalue weighted by molar-refractivity contribution is 0.0946. The first kappa shape index (κ1) is 13.7. The first-order valence-electron chi connectivity index (χ1n) is 6.06. The third kappa shape index (κ3) is 3.40. The average molecular weight is 267 g/mol. The number of nitrogens with zero attached hydrogens (tertiary/aromatic N) is 2. The molecule has 0 saturated heterocycles. The van der Waals surface area contributed by atoms with Crippen LogP contribution in [0.25, 0.3) is 0 Å². The maximum absolute atomic E-state index is 11.8. The van der Waals surface area contributed by atoms with E-state index in [-0.39, 0.29) is 18.2 Å². The largest absolute Gasteiger partial charge is 0.392 e. The Morgan fingerprint density at radius 3 is 2.45 bits per heavy atom. The highest BCUT2D eigenvalue weighted by Gasteiger charge is 2.06. The van der Waals surface area contributed by atoms with Crippen molar-refractivity contribution in [3.63, 3.8) is 0 Å². The topological polar surface area (TPSA) is 86.0 Å². The summed E-state index contributed by atoms with van der Waals surface area (Å²) in [5.41, 5.74) is 2.45. The predicted molar refractivity (Wildman–Crippen MR) is 72.5 cm³/mol. The number of aliphatic hydroxyl groups excluding tert-OH is 1. The number of carbonyl (C=O) groups is 1. The molecule has 0 aliphatic rings. The highest BCUT2D eigenvalue weighted by atomic mass is 16.3. The maximum Gasteiger partial charge on any atom is 0.270 e. The van der Waals surface area contributed by atoms with E-state index in [4.69, 9.17) is 10.4 Å². The number of nitrogens with one attached hydrogen (secondary N) is 1. The number of benzene rings is 1. The van der Waals surface area contributed by atoms with Crippen LogP contribution in [-0.4, -0.2) is 16.0 Å². The van der Waals surface area contributed by atoms with Crippen LogP contribution in [-0.2, 0) is 13.2 Å². The molecule has 5 heteroatoms. The Balaban J connectivity index is 1.95. The van der Waals surface area contributed by atoms with Crippen molar-refractivity contribution in [2.24, 2.45) is 0 Å². The van der Waals surface area contributed by atoms with Gasteiger partial charge in [-0.3, -0.25) is 4.79 Å². The Bertz CT molecular complexity index is 628. The van der Waals surface area contributed by atoms with Crippen LogP contribution in [0.4, 0.5) is 0 Å². The zero-order valence-corrected chi connectivity index (χ0v) is 10.7. The van der Waals surface area contributed by atoms with Crippen molar-refractivity contribution >= 4 is 5.91 Å². The first-order valence-corrected chi connectivity index (χ1v) is 6.06. The summed E-state index contributed by atoms with van der Waals surface area (Å²) in [7, 11) is 0. The molecule has 0 atom stereocenters. The van der Waals surface area contributed by atoms with E-state index in [1.807, 2.05) is 18.2 Å². The SMILES string of the molecule is N#Cc1ccc(C(=O)NCc2ccc(CO)cc2)nc1. The molecule has 0 saturated carbocycles. The molecule has 0 fully saturated rings. The smallest absolute Gasteiger partial charge is 0.270 e. The molecule has 1 heterocycles. The second kappa shape index (κ2) is 6.45. The van der Waals surface area contributed by atoms with Crippen molar-refractivity contribution in [3.05, 3.63) is 65.0 Å². The number of hydrogen-bond acceptors (Lipinski definition) is 4. The van der Waals surface area contributed by atoms with Crippen LogP contribution in [0.2, 0.25) is 0 Å². The first-order chi connectivity index (χ1) is 9.72. The minimum Gasteiger partial charge on any atom is -0.392 e. The van der Waals surface area contributed by atoms with Gasteiger partial charge < -0.3 is 10.4 Å². The molecule has 1 aromatic carbocycles. The van der Waals surface area contributed by atoms with E-state index in [9.17, 15) is 4.79 Å². The van der Waals surface area contributed by atoms with Gasteiger partial charge >= 0.3 is 0 Å². The molecular formula is C15H13N3O2. The van der Waals surface area contributed by atoms with Crippen LogP contribution >= 0.6 is 0 Å². The summed E-state index contributed by atoms with van der Waals surface area (Å²) >= 11 is 0. The zero-order chi connectivity index (χ0) is 14.4. The lowest BCUT2D eigenvalue weighted by atomic mass is 10.1. The summed E-state index contributed by atoms with van der Waals surface area (Å²) in [5.74, 6) is -0.291. The number of rotatable bonds is 4. The van der Waals surface area contributed by atoms with Crippen molar-refractivity contribution in [1.82, 2.24) is 10.3 Å². The number of amides is 1.